The van der Waals surface area contributed by atoms with Gasteiger partial charge in [-0.1, -0.05) is 0 Å². The van der Waals surface area contributed by atoms with E-state index in [4.69, 9.17) is 9.47 Å². The number of carbonyl (C=O) groups excluding carboxylic acids is 2. The molecule has 5 nitrogen and oxygen atoms in total. The van der Waals surface area contributed by atoms with E-state index in [1.54, 1.807) is 6.07 Å². The van der Waals surface area contributed by atoms with Crippen LogP contribution >= 0.6 is 0 Å². The molecule has 0 spiro atoms. The van der Waals surface area contributed by atoms with Gasteiger partial charge in [-0.3, -0.25) is 9.59 Å². The average Bonchev–Trinajstić information content (AvgIpc) is 2.26. The van der Waals surface area contributed by atoms with Crippen LogP contribution < -0.4 is 14.8 Å². The first-order valence-corrected chi connectivity index (χ1v) is 4.61. The number of carbonyl (C=O) groups is 2. The van der Waals surface area contributed by atoms with Gasteiger partial charge >= 0.3 is 0 Å². The van der Waals surface area contributed by atoms with Gasteiger partial charge in [0, 0.05) is 18.7 Å². The number of benzene rings is 1. The highest BCUT2D eigenvalue weighted by Crippen LogP contribution is 2.33. The Morgan fingerprint density at radius 1 is 1.31 bits per heavy atom. The molecule has 1 N–H and O–H groups in total. The molecule has 0 unspecified atom stereocenters. The minimum atomic E-state index is -0.218. The van der Waals surface area contributed by atoms with E-state index < -0.39 is 0 Å². The Labute approximate surface area is 93.4 Å². The quantitative estimate of drug-likeness (QED) is 0.785. The molecule has 0 bridgehead atoms. The van der Waals surface area contributed by atoms with Crippen molar-refractivity contribution in [2.24, 2.45) is 0 Å². The van der Waals surface area contributed by atoms with Crippen molar-refractivity contribution in [2.75, 3.05) is 19.5 Å². The molecule has 0 saturated carbocycles. The predicted octanol–water partition coefficient (Wildman–Crippen LogP) is 1.47. The zero-order valence-corrected chi connectivity index (χ0v) is 9.37. The zero-order chi connectivity index (χ0) is 12.1. The van der Waals surface area contributed by atoms with E-state index in [0.29, 0.717) is 29.0 Å². The molecule has 16 heavy (non-hydrogen) atoms. The average molecular weight is 223 g/mol. The van der Waals surface area contributed by atoms with Crippen LogP contribution in [0.3, 0.4) is 0 Å². The van der Waals surface area contributed by atoms with Crippen molar-refractivity contribution in [1.82, 2.24) is 0 Å². The molecule has 0 aliphatic heterocycles. The van der Waals surface area contributed by atoms with Crippen LogP contribution in [0.15, 0.2) is 12.1 Å². The molecular weight excluding hydrogens is 210 g/mol. The Morgan fingerprint density at radius 3 is 2.44 bits per heavy atom. The molecule has 0 atom stereocenters. The molecule has 86 valence electrons. The Bertz CT molecular complexity index is 415. The number of nitrogens with one attached hydrogen (secondary N) is 1. The second-order valence-electron chi connectivity index (χ2n) is 3.10. The summed E-state index contributed by atoms with van der Waals surface area (Å²) in [5, 5.41) is 2.57. The fraction of sp³-hybridized carbons (Fsp3) is 0.273. The van der Waals surface area contributed by atoms with Crippen LogP contribution in [0.1, 0.15) is 17.3 Å². The van der Waals surface area contributed by atoms with Gasteiger partial charge < -0.3 is 14.8 Å². The van der Waals surface area contributed by atoms with Gasteiger partial charge in [0.15, 0.2) is 17.8 Å². The van der Waals surface area contributed by atoms with Crippen LogP contribution in [-0.2, 0) is 4.79 Å². The summed E-state index contributed by atoms with van der Waals surface area (Å²) in [6.07, 6.45) is 0.646. The summed E-state index contributed by atoms with van der Waals surface area (Å²) < 4.78 is 10.1. The summed E-state index contributed by atoms with van der Waals surface area (Å²) in [5.41, 5.74) is 0.817. The zero-order valence-electron chi connectivity index (χ0n) is 9.37. The van der Waals surface area contributed by atoms with Crippen LogP contribution in [0.2, 0.25) is 0 Å². The van der Waals surface area contributed by atoms with E-state index in [-0.39, 0.29) is 5.91 Å². The SMILES string of the molecule is COc1cc(NC(C)=O)cc(C=O)c1OC. The highest BCUT2D eigenvalue weighted by Gasteiger charge is 2.12. The molecule has 0 aliphatic rings. The van der Waals surface area contributed by atoms with Crippen LogP contribution in [0.5, 0.6) is 11.5 Å². The van der Waals surface area contributed by atoms with E-state index in [2.05, 4.69) is 5.32 Å². The third-order valence-electron chi connectivity index (χ3n) is 1.95. The molecule has 0 aliphatic carbocycles. The topological polar surface area (TPSA) is 64.6 Å². The first-order valence-electron chi connectivity index (χ1n) is 4.61. The predicted molar refractivity (Wildman–Crippen MR) is 59.2 cm³/mol. The Balaban J connectivity index is 3.25. The summed E-state index contributed by atoms with van der Waals surface area (Å²) in [4.78, 5) is 21.7. The molecule has 0 fully saturated rings. The van der Waals surface area contributed by atoms with E-state index in [0.717, 1.165) is 0 Å². The van der Waals surface area contributed by atoms with Crippen LogP contribution in [0.4, 0.5) is 5.69 Å². The van der Waals surface area contributed by atoms with Gasteiger partial charge in [0.25, 0.3) is 0 Å². The van der Waals surface area contributed by atoms with Crippen molar-refractivity contribution in [3.63, 3.8) is 0 Å². The minimum Gasteiger partial charge on any atom is -0.493 e. The van der Waals surface area contributed by atoms with E-state index in [1.165, 1.54) is 27.2 Å². The number of hydrogen-bond donors (Lipinski definition) is 1. The largest absolute Gasteiger partial charge is 0.493 e. The van der Waals surface area contributed by atoms with E-state index in [9.17, 15) is 9.59 Å². The molecular formula is C11H13NO4. The molecule has 1 amide bonds. The van der Waals surface area contributed by atoms with Crippen molar-refractivity contribution in [3.8, 4) is 11.5 Å². The van der Waals surface area contributed by atoms with E-state index in [1.807, 2.05) is 0 Å². The summed E-state index contributed by atoms with van der Waals surface area (Å²) in [6, 6.07) is 3.11. The molecule has 0 heterocycles. The van der Waals surface area contributed by atoms with Gasteiger partial charge in [-0.2, -0.15) is 0 Å². The molecule has 1 aromatic carbocycles. The van der Waals surface area contributed by atoms with Crippen molar-refractivity contribution < 1.29 is 19.1 Å². The van der Waals surface area contributed by atoms with E-state index >= 15 is 0 Å². The summed E-state index contributed by atoms with van der Waals surface area (Å²) in [6.45, 7) is 1.39. The lowest BCUT2D eigenvalue weighted by atomic mass is 10.1. The summed E-state index contributed by atoms with van der Waals surface area (Å²) in [7, 11) is 2.91. The Kier molecular flexibility index (Phi) is 3.88. The fourth-order valence-corrected chi connectivity index (χ4v) is 1.36. The molecule has 5 heteroatoms. The molecule has 0 aromatic heterocycles. The number of aldehydes is 1. The molecule has 1 rings (SSSR count). The van der Waals surface area contributed by atoms with Crippen LogP contribution in [0, 0.1) is 0 Å². The number of amides is 1. The normalized spacial score (nSPS) is 9.44. The second-order valence-corrected chi connectivity index (χ2v) is 3.10. The van der Waals surface area contributed by atoms with Crippen molar-refractivity contribution >= 4 is 17.9 Å². The smallest absolute Gasteiger partial charge is 0.221 e. The lowest BCUT2D eigenvalue weighted by Gasteiger charge is -2.12. The minimum absolute atomic E-state index is 0.218. The third-order valence-corrected chi connectivity index (χ3v) is 1.95. The van der Waals surface area contributed by atoms with Gasteiger partial charge in [0.1, 0.15) is 0 Å². The second kappa shape index (κ2) is 5.16. The maximum absolute atomic E-state index is 10.9. The third kappa shape index (κ3) is 2.50. The number of hydrogen-bond acceptors (Lipinski definition) is 4. The van der Waals surface area contributed by atoms with Crippen LogP contribution in [0.25, 0.3) is 0 Å². The maximum atomic E-state index is 10.9. The van der Waals surface area contributed by atoms with Gasteiger partial charge in [-0.15, -0.1) is 0 Å². The monoisotopic (exact) mass is 223 g/mol. The van der Waals surface area contributed by atoms with Crippen molar-refractivity contribution in [3.05, 3.63) is 17.7 Å². The van der Waals surface area contributed by atoms with Gasteiger partial charge in [0.2, 0.25) is 5.91 Å². The first-order chi connectivity index (χ1) is 7.62. The highest BCUT2D eigenvalue weighted by molar-refractivity contribution is 5.92. The summed E-state index contributed by atoms with van der Waals surface area (Å²) >= 11 is 0. The molecule has 0 saturated heterocycles. The Morgan fingerprint density at radius 2 is 2.00 bits per heavy atom. The van der Waals surface area contributed by atoms with Crippen LogP contribution in [-0.4, -0.2) is 26.4 Å². The Hall–Kier alpha value is -2.04. The number of ether oxygens (including phenoxy) is 2. The maximum Gasteiger partial charge on any atom is 0.221 e. The summed E-state index contributed by atoms with van der Waals surface area (Å²) in [5.74, 6) is 0.534. The standard InChI is InChI=1S/C11H13NO4/c1-7(14)12-9-4-8(6-13)11(16-3)10(5-9)15-2/h4-6H,1-3H3,(H,12,14). The lowest BCUT2D eigenvalue weighted by Crippen LogP contribution is -2.07. The van der Waals surface area contributed by atoms with Crippen molar-refractivity contribution in [1.29, 1.82) is 0 Å². The number of methoxy groups -OCH3 is 2. The lowest BCUT2D eigenvalue weighted by molar-refractivity contribution is -0.114. The van der Waals surface area contributed by atoms with Gasteiger partial charge in [-0.25, -0.2) is 0 Å². The first kappa shape index (κ1) is 12.0. The fourth-order valence-electron chi connectivity index (χ4n) is 1.36. The highest BCUT2D eigenvalue weighted by atomic mass is 16.5. The number of rotatable bonds is 4. The molecule has 0 radical (unpaired) electrons. The number of anilines is 1. The van der Waals surface area contributed by atoms with Gasteiger partial charge in [0.05, 0.1) is 19.8 Å². The van der Waals surface area contributed by atoms with Gasteiger partial charge in [-0.05, 0) is 6.07 Å². The molecule has 1 aromatic rings. The van der Waals surface area contributed by atoms with Crippen molar-refractivity contribution in [2.45, 2.75) is 6.92 Å².